The molecule has 1 aromatic rings. The van der Waals surface area contributed by atoms with Crippen molar-refractivity contribution in [1.82, 2.24) is 5.43 Å². The van der Waals surface area contributed by atoms with E-state index in [0.29, 0.717) is 13.0 Å². The van der Waals surface area contributed by atoms with Crippen LogP contribution in [0.1, 0.15) is 36.8 Å². The number of hydrogen-bond acceptors (Lipinski definition) is 3. The van der Waals surface area contributed by atoms with Gasteiger partial charge in [0.2, 0.25) is 5.91 Å². The summed E-state index contributed by atoms with van der Waals surface area (Å²) in [4.78, 5) is 10.9. The number of rotatable bonds is 7. The molecular weight excluding hydrogens is 264 g/mol. The van der Waals surface area contributed by atoms with Crippen molar-refractivity contribution >= 4 is 17.5 Å². The summed E-state index contributed by atoms with van der Waals surface area (Å²) in [6.07, 6.45) is 3.15. The van der Waals surface area contributed by atoms with Crippen LogP contribution in [0.5, 0.6) is 5.75 Å². The molecule has 106 valence electrons. The van der Waals surface area contributed by atoms with Crippen LogP contribution in [0.25, 0.3) is 0 Å². The molecule has 0 unspecified atom stereocenters. The van der Waals surface area contributed by atoms with Crippen molar-refractivity contribution in [2.45, 2.75) is 39.5 Å². The van der Waals surface area contributed by atoms with Crippen molar-refractivity contribution in [2.24, 2.45) is 5.84 Å². The second-order valence-corrected chi connectivity index (χ2v) is 4.98. The molecule has 0 aromatic heterocycles. The third-order valence-electron chi connectivity index (χ3n) is 2.89. The lowest BCUT2D eigenvalue weighted by Crippen LogP contribution is -2.29. The topological polar surface area (TPSA) is 64.3 Å². The van der Waals surface area contributed by atoms with Crippen LogP contribution < -0.4 is 16.0 Å². The lowest BCUT2D eigenvalue weighted by atomic mass is 10.1. The maximum absolute atomic E-state index is 10.9. The number of aryl methyl sites for hydroxylation is 2. The summed E-state index contributed by atoms with van der Waals surface area (Å²) in [5.41, 5.74) is 4.17. The first-order chi connectivity index (χ1) is 9.04. The third kappa shape index (κ3) is 5.49. The van der Waals surface area contributed by atoms with E-state index in [1.807, 2.05) is 26.0 Å². The zero-order valence-corrected chi connectivity index (χ0v) is 12.2. The molecule has 0 saturated heterocycles. The predicted octanol–water partition coefficient (Wildman–Crippen LogP) is 2.89. The fraction of sp³-hybridized carbons (Fsp3) is 0.500. The number of unbranched alkanes of at least 4 members (excludes halogenated alkanes) is 2. The van der Waals surface area contributed by atoms with Gasteiger partial charge in [-0.05, 0) is 56.4 Å². The minimum Gasteiger partial charge on any atom is -0.494 e. The monoisotopic (exact) mass is 284 g/mol. The van der Waals surface area contributed by atoms with E-state index < -0.39 is 0 Å². The first kappa shape index (κ1) is 15.8. The number of carbonyl (C=O) groups excluding carboxylic acids is 1. The number of ether oxygens (including phenoxy) is 1. The number of nitrogens with one attached hydrogen (secondary N) is 1. The van der Waals surface area contributed by atoms with Gasteiger partial charge >= 0.3 is 0 Å². The number of hydrazine groups is 1. The molecule has 1 rings (SSSR count). The molecule has 0 atom stereocenters. The van der Waals surface area contributed by atoms with Crippen molar-refractivity contribution in [1.29, 1.82) is 0 Å². The minimum absolute atomic E-state index is 0.120. The first-order valence-electron chi connectivity index (χ1n) is 6.43. The Morgan fingerprint density at radius 1 is 1.26 bits per heavy atom. The van der Waals surface area contributed by atoms with Gasteiger partial charge in [0.1, 0.15) is 5.75 Å². The normalized spacial score (nSPS) is 10.3. The Bertz CT molecular complexity index is 412. The summed E-state index contributed by atoms with van der Waals surface area (Å²) in [6.45, 7) is 4.58. The molecule has 0 bridgehead atoms. The highest BCUT2D eigenvalue weighted by atomic mass is 35.5. The molecule has 19 heavy (non-hydrogen) atoms. The highest BCUT2D eigenvalue weighted by molar-refractivity contribution is 6.32. The fourth-order valence-electron chi connectivity index (χ4n) is 1.82. The SMILES string of the molecule is Cc1cc(OCCCCCC(=O)NN)cc(C)c1Cl. The summed E-state index contributed by atoms with van der Waals surface area (Å²) in [7, 11) is 0. The smallest absolute Gasteiger partial charge is 0.233 e. The zero-order chi connectivity index (χ0) is 14.3. The van der Waals surface area contributed by atoms with E-state index in [9.17, 15) is 4.79 Å². The maximum atomic E-state index is 10.9. The molecule has 0 heterocycles. The molecule has 4 nitrogen and oxygen atoms in total. The molecule has 0 aliphatic carbocycles. The van der Waals surface area contributed by atoms with Gasteiger partial charge in [0.15, 0.2) is 0 Å². The van der Waals surface area contributed by atoms with Gasteiger partial charge in [-0.1, -0.05) is 11.6 Å². The van der Waals surface area contributed by atoms with E-state index in [2.05, 4.69) is 5.43 Å². The highest BCUT2D eigenvalue weighted by Gasteiger charge is 2.03. The number of nitrogens with two attached hydrogens (primary N) is 1. The van der Waals surface area contributed by atoms with Crippen LogP contribution >= 0.6 is 11.6 Å². The van der Waals surface area contributed by atoms with Gasteiger partial charge in [-0.3, -0.25) is 10.2 Å². The van der Waals surface area contributed by atoms with E-state index in [1.165, 1.54) is 0 Å². The Labute approximate surface area is 119 Å². The second kappa shape index (κ2) is 8.02. The highest BCUT2D eigenvalue weighted by Crippen LogP contribution is 2.25. The second-order valence-electron chi connectivity index (χ2n) is 4.60. The van der Waals surface area contributed by atoms with Crippen molar-refractivity contribution in [3.05, 3.63) is 28.3 Å². The van der Waals surface area contributed by atoms with E-state index in [-0.39, 0.29) is 5.91 Å². The quantitative estimate of drug-likeness (QED) is 0.350. The van der Waals surface area contributed by atoms with Crippen LogP contribution in [0.4, 0.5) is 0 Å². The molecule has 0 spiro atoms. The molecule has 1 amide bonds. The Hall–Kier alpha value is -1.26. The van der Waals surface area contributed by atoms with Crippen molar-refractivity contribution in [3.8, 4) is 5.75 Å². The molecule has 0 aliphatic rings. The van der Waals surface area contributed by atoms with Gasteiger partial charge in [-0.25, -0.2) is 5.84 Å². The number of carbonyl (C=O) groups is 1. The summed E-state index contributed by atoms with van der Waals surface area (Å²) < 4.78 is 5.67. The lowest BCUT2D eigenvalue weighted by molar-refractivity contribution is -0.121. The van der Waals surface area contributed by atoms with Gasteiger partial charge in [0.25, 0.3) is 0 Å². The van der Waals surface area contributed by atoms with E-state index in [0.717, 1.165) is 41.2 Å². The van der Waals surface area contributed by atoms with E-state index in [1.54, 1.807) is 0 Å². The predicted molar refractivity (Wildman–Crippen MR) is 77.2 cm³/mol. The van der Waals surface area contributed by atoms with Gasteiger partial charge in [0.05, 0.1) is 6.61 Å². The van der Waals surface area contributed by atoms with Gasteiger partial charge < -0.3 is 4.74 Å². The Morgan fingerprint density at radius 3 is 2.47 bits per heavy atom. The van der Waals surface area contributed by atoms with Crippen LogP contribution in [0.15, 0.2) is 12.1 Å². The van der Waals surface area contributed by atoms with Crippen LogP contribution in [0.3, 0.4) is 0 Å². The molecule has 0 radical (unpaired) electrons. The maximum Gasteiger partial charge on any atom is 0.233 e. The fourth-order valence-corrected chi connectivity index (χ4v) is 1.93. The van der Waals surface area contributed by atoms with Gasteiger partial charge in [-0.2, -0.15) is 0 Å². The van der Waals surface area contributed by atoms with Crippen LogP contribution in [-0.2, 0) is 4.79 Å². The average Bonchev–Trinajstić information content (AvgIpc) is 2.39. The molecule has 5 heteroatoms. The largest absolute Gasteiger partial charge is 0.494 e. The zero-order valence-electron chi connectivity index (χ0n) is 11.5. The summed E-state index contributed by atoms with van der Waals surface area (Å²) in [6, 6.07) is 3.88. The van der Waals surface area contributed by atoms with Gasteiger partial charge in [-0.15, -0.1) is 0 Å². The first-order valence-corrected chi connectivity index (χ1v) is 6.81. The number of halogens is 1. The molecule has 0 fully saturated rings. The van der Waals surface area contributed by atoms with E-state index in [4.69, 9.17) is 22.2 Å². The Morgan fingerprint density at radius 2 is 1.89 bits per heavy atom. The minimum atomic E-state index is -0.120. The van der Waals surface area contributed by atoms with Crippen molar-refractivity contribution in [3.63, 3.8) is 0 Å². The molecule has 0 aliphatic heterocycles. The molecule has 0 saturated carbocycles. The van der Waals surface area contributed by atoms with Crippen LogP contribution in [0, 0.1) is 13.8 Å². The lowest BCUT2D eigenvalue weighted by Gasteiger charge is -2.09. The summed E-state index contributed by atoms with van der Waals surface area (Å²) in [5, 5.41) is 0.792. The van der Waals surface area contributed by atoms with Gasteiger partial charge in [0, 0.05) is 11.4 Å². The number of amides is 1. The molecular formula is C14H21ClN2O2. The summed E-state index contributed by atoms with van der Waals surface area (Å²) >= 11 is 6.09. The third-order valence-corrected chi connectivity index (χ3v) is 3.48. The number of hydrogen-bond donors (Lipinski definition) is 2. The Kier molecular flexibility index (Phi) is 6.67. The average molecular weight is 285 g/mol. The van der Waals surface area contributed by atoms with E-state index >= 15 is 0 Å². The van der Waals surface area contributed by atoms with Crippen molar-refractivity contribution < 1.29 is 9.53 Å². The number of benzene rings is 1. The van der Waals surface area contributed by atoms with Crippen LogP contribution in [-0.4, -0.2) is 12.5 Å². The molecule has 1 aromatic carbocycles. The molecule has 3 N–H and O–H groups in total. The Balaban J connectivity index is 2.25. The standard InChI is InChI=1S/C14H21ClN2O2/c1-10-8-12(9-11(2)14(10)15)19-7-5-3-4-6-13(18)17-16/h8-9H,3-7,16H2,1-2H3,(H,17,18). The van der Waals surface area contributed by atoms with Crippen LogP contribution in [0.2, 0.25) is 5.02 Å². The summed E-state index contributed by atoms with van der Waals surface area (Å²) in [5.74, 6) is 5.72. The van der Waals surface area contributed by atoms with Crippen molar-refractivity contribution in [2.75, 3.05) is 6.61 Å².